The molecule has 2 heterocycles. The third-order valence-electron chi connectivity index (χ3n) is 7.21. The van der Waals surface area contributed by atoms with E-state index in [4.69, 9.17) is 0 Å². The molecular weight excluding hydrogens is 450 g/mol. The highest BCUT2D eigenvalue weighted by molar-refractivity contribution is 7.89. The fraction of sp³-hybridized carbons (Fsp3) is 0.462. The molecule has 0 saturated carbocycles. The lowest BCUT2D eigenvalue weighted by Gasteiger charge is -2.32. The zero-order valence-corrected chi connectivity index (χ0v) is 20.1. The van der Waals surface area contributed by atoms with Crippen molar-refractivity contribution < 1.29 is 18.0 Å². The number of hydrogen-bond donors (Lipinski definition) is 1. The number of rotatable bonds is 5. The molecule has 8 heteroatoms. The van der Waals surface area contributed by atoms with Crippen LogP contribution in [0.3, 0.4) is 0 Å². The molecule has 0 aromatic heterocycles. The fourth-order valence-electron chi connectivity index (χ4n) is 5.41. The van der Waals surface area contributed by atoms with E-state index in [0.29, 0.717) is 25.2 Å². The number of nitrogens with one attached hydrogen (secondary N) is 1. The van der Waals surface area contributed by atoms with E-state index in [1.54, 1.807) is 22.5 Å². The van der Waals surface area contributed by atoms with Gasteiger partial charge in [0.1, 0.15) is 6.54 Å². The van der Waals surface area contributed by atoms with Crippen LogP contribution in [0.1, 0.15) is 61.3 Å². The van der Waals surface area contributed by atoms with E-state index in [1.807, 2.05) is 12.1 Å². The van der Waals surface area contributed by atoms with Crippen molar-refractivity contribution in [1.82, 2.24) is 9.62 Å². The first-order chi connectivity index (χ1) is 16.4. The van der Waals surface area contributed by atoms with Crippen molar-refractivity contribution >= 4 is 27.5 Å². The number of carbonyl (C=O) groups excluding carboxylic acids is 2. The number of piperidine rings is 1. The molecule has 3 aliphatic rings. The van der Waals surface area contributed by atoms with Gasteiger partial charge in [-0.25, -0.2) is 8.42 Å². The van der Waals surface area contributed by atoms with Gasteiger partial charge in [0.25, 0.3) is 0 Å². The maximum Gasteiger partial charge on any atom is 0.243 e. The van der Waals surface area contributed by atoms with Crippen LogP contribution in [-0.2, 0) is 32.5 Å². The number of hydrogen-bond acceptors (Lipinski definition) is 4. The molecule has 2 aromatic rings. The summed E-state index contributed by atoms with van der Waals surface area (Å²) in [7, 11) is -3.55. The number of sulfonamides is 1. The topological polar surface area (TPSA) is 86.8 Å². The van der Waals surface area contributed by atoms with Crippen molar-refractivity contribution in [3.05, 3.63) is 59.2 Å². The Labute approximate surface area is 201 Å². The molecule has 0 radical (unpaired) electrons. The quantitative estimate of drug-likeness (QED) is 0.710. The standard InChI is InChI=1S/C26H31N3O4S/c30-25(27-23-10-6-8-19-7-2-3-9-22(19)23)18-29-24-13-12-21(17-20(24)11-14-26(29)31)34(32,33)28-15-4-1-5-16-28/h2-3,7,9,12-13,17,23H,1,4-6,8,10-11,14-16,18H2,(H,27,30)/t23-/m1/s1. The lowest BCUT2D eigenvalue weighted by Crippen LogP contribution is -2.44. The monoisotopic (exact) mass is 481 g/mol. The molecule has 1 saturated heterocycles. The molecule has 0 bridgehead atoms. The highest BCUT2D eigenvalue weighted by Gasteiger charge is 2.31. The molecule has 1 N–H and O–H groups in total. The van der Waals surface area contributed by atoms with Crippen molar-refractivity contribution in [2.45, 2.75) is 62.3 Å². The van der Waals surface area contributed by atoms with E-state index in [2.05, 4.69) is 17.4 Å². The Kier molecular flexibility index (Phi) is 6.44. The summed E-state index contributed by atoms with van der Waals surface area (Å²) in [4.78, 5) is 27.5. The average Bonchev–Trinajstić information content (AvgIpc) is 2.86. The average molecular weight is 482 g/mol. The van der Waals surface area contributed by atoms with Crippen LogP contribution >= 0.6 is 0 Å². The van der Waals surface area contributed by atoms with Crippen LogP contribution in [0.4, 0.5) is 5.69 Å². The first-order valence-corrected chi connectivity index (χ1v) is 13.7. The maximum absolute atomic E-state index is 13.1. The second kappa shape index (κ2) is 9.50. The maximum atomic E-state index is 13.1. The van der Waals surface area contributed by atoms with Crippen LogP contribution < -0.4 is 10.2 Å². The molecule has 1 fully saturated rings. The van der Waals surface area contributed by atoms with E-state index in [9.17, 15) is 18.0 Å². The summed E-state index contributed by atoms with van der Waals surface area (Å²) in [5.41, 5.74) is 3.85. The Bertz CT molecular complexity index is 1200. The van der Waals surface area contributed by atoms with E-state index >= 15 is 0 Å². The van der Waals surface area contributed by atoms with Crippen LogP contribution in [0.2, 0.25) is 0 Å². The van der Waals surface area contributed by atoms with Gasteiger partial charge in [0.15, 0.2) is 0 Å². The molecule has 2 amide bonds. The highest BCUT2D eigenvalue weighted by atomic mass is 32.2. The lowest BCUT2D eigenvalue weighted by molar-refractivity contribution is -0.124. The third kappa shape index (κ3) is 4.49. The number of fused-ring (bicyclic) bond motifs is 2. The van der Waals surface area contributed by atoms with Crippen LogP contribution in [0.15, 0.2) is 47.4 Å². The predicted octanol–water partition coefficient (Wildman–Crippen LogP) is 3.33. The first-order valence-electron chi connectivity index (χ1n) is 12.2. The van der Waals surface area contributed by atoms with Crippen LogP contribution in [0.25, 0.3) is 0 Å². The molecule has 1 atom stereocenters. The van der Waals surface area contributed by atoms with E-state index < -0.39 is 10.0 Å². The molecule has 2 aliphatic heterocycles. The molecular formula is C26H31N3O4S. The fourth-order valence-corrected chi connectivity index (χ4v) is 6.98. The van der Waals surface area contributed by atoms with Crippen molar-refractivity contribution in [3.8, 4) is 0 Å². The predicted molar refractivity (Wildman–Crippen MR) is 130 cm³/mol. The Balaban J connectivity index is 1.33. The van der Waals surface area contributed by atoms with Gasteiger partial charge in [0.2, 0.25) is 21.8 Å². The van der Waals surface area contributed by atoms with Gasteiger partial charge in [-0.3, -0.25) is 9.59 Å². The first kappa shape index (κ1) is 23.1. The van der Waals surface area contributed by atoms with Crippen LogP contribution in [0, 0.1) is 0 Å². The molecule has 1 aliphatic carbocycles. The van der Waals surface area contributed by atoms with Gasteiger partial charge < -0.3 is 10.2 Å². The summed E-state index contributed by atoms with van der Waals surface area (Å²) in [5.74, 6) is -0.314. The summed E-state index contributed by atoms with van der Waals surface area (Å²) in [6.45, 7) is 1.03. The van der Waals surface area contributed by atoms with Crippen molar-refractivity contribution in [2.24, 2.45) is 0 Å². The van der Waals surface area contributed by atoms with Crippen molar-refractivity contribution in [2.75, 3.05) is 24.5 Å². The van der Waals surface area contributed by atoms with Crippen LogP contribution in [0.5, 0.6) is 0 Å². The van der Waals surface area contributed by atoms with Gasteiger partial charge in [-0.1, -0.05) is 30.7 Å². The second-order valence-corrected chi connectivity index (χ2v) is 11.4. The number of nitrogens with zero attached hydrogens (tertiary/aromatic N) is 2. The zero-order chi connectivity index (χ0) is 23.7. The molecule has 0 unspecified atom stereocenters. The van der Waals surface area contributed by atoms with Gasteiger partial charge in [-0.05, 0) is 73.4 Å². The Morgan fingerprint density at radius 2 is 1.74 bits per heavy atom. The summed E-state index contributed by atoms with van der Waals surface area (Å²) in [5, 5.41) is 3.12. The minimum atomic E-state index is -3.55. The van der Waals surface area contributed by atoms with E-state index in [1.165, 1.54) is 10.5 Å². The largest absolute Gasteiger partial charge is 0.348 e. The minimum Gasteiger partial charge on any atom is -0.348 e. The summed E-state index contributed by atoms with van der Waals surface area (Å²) < 4.78 is 27.8. The van der Waals surface area contributed by atoms with Gasteiger partial charge >= 0.3 is 0 Å². The Morgan fingerprint density at radius 1 is 0.941 bits per heavy atom. The van der Waals surface area contributed by atoms with Crippen LogP contribution in [-0.4, -0.2) is 44.2 Å². The van der Waals surface area contributed by atoms with Crippen molar-refractivity contribution in [1.29, 1.82) is 0 Å². The van der Waals surface area contributed by atoms with Crippen molar-refractivity contribution in [3.63, 3.8) is 0 Å². The van der Waals surface area contributed by atoms with E-state index in [-0.39, 0.29) is 35.7 Å². The Morgan fingerprint density at radius 3 is 2.56 bits per heavy atom. The van der Waals surface area contributed by atoms with Gasteiger partial charge in [-0.2, -0.15) is 4.31 Å². The molecule has 5 rings (SSSR count). The lowest BCUT2D eigenvalue weighted by atomic mass is 9.88. The summed E-state index contributed by atoms with van der Waals surface area (Å²) in [6.07, 6.45) is 6.48. The summed E-state index contributed by atoms with van der Waals surface area (Å²) >= 11 is 0. The molecule has 34 heavy (non-hydrogen) atoms. The second-order valence-electron chi connectivity index (χ2n) is 9.45. The minimum absolute atomic E-state index is 0.0473. The number of anilines is 1. The smallest absolute Gasteiger partial charge is 0.243 e. The van der Waals surface area contributed by atoms with E-state index in [0.717, 1.165) is 49.7 Å². The number of carbonyl (C=O) groups is 2. The number of aryl methyl sites for hydroxylation is 2. The summed E-state index contributed by atoms with van der Waals surface area (Å²) in [6, 6.07) is 13.1. The van der Waals surface area contributed by atoms with Gasteiger partial charge in [0.05, 0.1) is 10.9 Å². The van der Waals surface area contributed by atoms with Gasteiger partial charge in [-0.15, -0.1) is 0 Å². The SMILES string of the molecule is O=C(CN1C(=O)CCc2cc(S(=O)(=O)N3CCCCC3)ccc21)N[C@@H]1CCCc2ccccc21. The molecule has 7 nitrogen and oxygen atoms in total. The molecule has 180 valence electrons. The number of amides is 2. The number of benzene rings is 2. The normalized spacial score (nSPS) is 21.0. The molecule has 0 spiro atoms. The highest BCUT2D eigenvalue weighted by Crippen LogP contribution is 2.32. The zero-order valence-electron chi connectivity index (χ0n) is 19.3. The van der Waals surface area contributed by atoms with Gasteiger partial charge in [0, 0.05) is 25.2 Å². The molecule has 2 aromatic carbocycles. The third-order valence-corrected chi connectivity index (χ3v) is 9.10. The Hall–Kier alpha value is -2.71.